The van der Waals surface area contributed by atoms with Gasteiger partial charge in [0, 0.05) is 6.54 Å². The Labute approximate surface area is 108 Å². The summed E-state index contributed by atoms with van der Waals surface area (Å²) in [4.78, 5) is 10.4. The van der Waals surface area contributed by atoms with Crippen molar-refractivity contribution < 1.29 is 15.0 Å². The van der Waals surface area contributed by atoms with Crippen molar-refractivity contribution >= 4 is 6.09 Å². The Bertz CT molecular complexity index is 422. The highest BCUT2D eigenvalue weighted by Crippen LogP contribution is 2.27. The number of carboxylic acid groups (broad SMARTS) is 1. The maximum atomic E-state index is 10.4. The van der Waals surface area contributed by atoms with Gasteiger partial charge < -0.3 is 15.5 Å². The molecule has 0 heterocycles. The predicted octanol–water partition coefficient (Wildman–Crippen LogP) is 2.29. The van der Waals surface area contributed by atoms with Crippen LogP contribution in [0, 0.1) is 0 Å². The minimum Gasteiger partial charge on any atom is -0.465 e. The molecule has 100 valence electrons. The van der Waals surface area contributed by atoms with Gasteiger partial charge in [0.2, 0.25) is 0 Å². The summed E-state index contributed by atoms with van der Waals surface area (Å²) in [6.45, 7) is 6.75. The third-order valence-corrected chi connectivity index (χ3v) is 2.84. The van der Waals surface area contributed by atoms with Crippen molar-refractivity contribution in [3.8, 4) is 0 Å². The van der Waals surface area contributed by atoms with Gasteiger partial charge in [-0.05, 0) is 28.5 Å². The third-order valence-electron chi connectivity index (χ3n) is 2.84. The highest BCUT2D eigenvalue weighted by molar-refractivity contribution is 5.64. The van der Waals surface area contributed by atoms with Crippen LogP contribution in [0.5, 0.6) is 0 Å². The number of hydrogen-bond acceptors (Lipinski definition) is 2. The van der Waals surface area contributed by atoms with E-state index in [0.717, 1.165) is 16.7 Å². The van der Waals surface area contributed by atoms with Gasteiger partial charge in [-0.1, -0.05) is 39.0 Å². The van der Waals surface area contributed by atoms with E-state index in [1.165, 1.54) is 0 Å². The Morgan fingerprint density at radius 2 is 2.00 bits per heavy atom. The topological polar surface area (TPSA) is 69.6 Å². The largest absolute Gasteiger partial charge is 0.465 e. The van der Waals surface area contributed by atoms with Crippen LogP contribution >= 0.6 is 0 Å². The fraction of sp³-hybridized carbons (Fsp3) is 0.500. The summed E-state index contributed by atoms with van der Waals surface area (Å²) in [6.07, 6.45) is -0.343. The molecular weight excluding hydrogens is 230 g/mol. The number of benzene rings is 1. The maximum Gasteiger partial charge on any atom is 0.404 e. The minimum absolute atomic E-state index is 0.0241. The number of aliphatic hydroxyl groups is 1. The van der Waals surface area contributed by atoms with Crippen LogP contribution in [0.15, 0.2) is 18.2 Å². The van der Waals surface area contributed by atoms with E-state index in [4.69, 9.17) is 5.11 Å². The molecule has 4 heteroatoms. The number of nitrogens with one attached hydrogen (secondary N) is 1. The van der Waals surface area contributed by atoms with Gasteiger partial charge in [-0.2, -0.15) is 0 Å². The molecule has 0 spiro atoms. The molecule has 0 radical (unpaired) electrons. The van der Waals surface area contributed by atoms with Crippen LogP contribution in [0.4, 0.5) is 4.79 Å². The van der Waals surface area contributed by atoms with Gasteiger partial charge >= 0.3 is 6.09 Å². The lowest BCUT2D eigenvalue weighted by molar-refractivity contribution is 0.194. The molecule has 0 aliphatic carbocycles. The van der Waals surface area contributed by atoms with Crippen LogP contribution in [-0.2, 0) is 18.4 Å². The summed E-state index contributed by atoms with van der Waals surface area (Å²) in [7, 11) is 0. The SMILES string of the molecule is CC(C)(C)c1cc(CO)ccc1CCNC(=O)O. The van der Waals surface area contributed by atoms with Crippen LogP contribution < -0.4 is 5.32 Å². The van der Waals surface area contributed by atoms with Crippen molar-refractivity contribution in [1.82, 2.24) is 5.32 Å². The average Bonchev–Trinajstić information content (AvgIpc) is 2.27. The Morgan fingerprint density at radius 3 is 2.50 bits per heavy atom. The summed E-state index contributed by atoms with van der Waals surface area (Å²) in [6, 6.07) is 5.84. The van der Waals surface area contributed by atoms with Crippen LogP contribution in [-0.4, -0.2) is 22.9 Å². The van der Waals surface area contributed by atoms with Gasteiger partial charge in [0.25, 0.3) is 0 Å². The Hall–Kier alpha value is -1.55. The maximum absolute atomic E-state index is 10.4. The first kappa shape index (κ1) is 14.5. The summed E-state index contributed by atoms with van der Waals surface area (Å²) < 4.78 is 0. The molecule has 1 aromatic rings. The Morgan fingerprint density at radius 1 is 1.33 bits per heavy atom. The lowest BCUT2D eigenvalue weighted by Gasteiger charge is -2.24. The molecule has 0 saturated carbocycles. The molecule has 1 amide bonds. The number of carbonyl (C=O) groups is 1. The fourth-order valence-electron chi connectivity index (χ4n) is 1.94. The van der Waals surface area contributed by atoms with Crippen molar-refractivity contribution in [3.05, 3.63) is 34.9 Å². The predicted molar refractivity (Wildman–Crippen MR) is 70.8 cm³/mol. The van der Waals surface area contributed by atoms with Crippen molar-refractivity contribution in [1.29, 1.82) is 0 Å². The molecule has 0 aliphatic heterocycles. The molecule has 0 saturated heterocycles. The fourth-order valence-corrected chi connectivity index (χ4v) is 1.94. The summed E-state index contributed by atoms with van der Waals surface area (Å²) >= 11 is 0. The molecule has 1 aromatic carbocycles. The van der Waals surface area contributed by atoms with Gasteiger partial charge in [-0.25, -0.2) is 4.79 Å². The smallest absolute Gasteiger partial charge is 0.404 e. The second-order valence-corrected chi connectivity index (χ2v) is 5.38. The van der Waals surface area contributed by atoms with Crippen molar-refractivity contribution in [3.63, 3.8) is 0 Å². The van der Waals surface area contributed by atoms with Gasteiger partial charge in [0.05, 0.1) is 6.61 Å². The van der Waals surface area contributed by atoms with E-state index in [1.54, 1.807) is 0 Å². The Kier molecular flexibility index (Phi) is 4.73. The second kappa shape index (κ2) is 5.87. The standard InChI is InChI=1S/C14H21NO3/c1-14(2,3)12-8-10(9-16)4-5-11(12)6-7-15-13(17)18/h4-5,8,15-16H,6-7,9H2,1-3H3,(H,17,18). The highest BCUT2D eigenvalue weighted by Gasteiger charge is 2.18. The summed E-state index contributed by atoms with van der Waals surface area (Å²) in [5.74, 6) is 0. The molecule has 4 nitrogen and oxygen atoms in total. The zero-order chi connectivity index (χ0) is 13.8. The second-order valence-electron chi connectivity index (χ2n) is 5.38. The molecule has 0 unspecified atom stereocenters. The molecule has 0 aliphatic rings. The van der Waals surface area contributed by atoms with E-state index in [9.17, 15) is 9.90 Å². The van der Waals surface area contributed by atoms with E-state index in [-0.39, 0.29) is 12.0 Å². The number of rotatable bonds is 4. The molecule has 0 aromatic heterocycles. The number of aliphatic hydroxyl groups excluding tert-OH is 1. The average molecular weight is 251 g/mol. The first-order chi connectivity index (χ1) is 8.34. The van der Waals surface area contributed by atoms with E-state index < -0.39 is 6.09 Å². The molecule has 1 rings (SSSR count). The summed E-state index contributed by atoms with van der Waals surface area (Å²) in [5.41, 5.74) is 3.13. The first-order valence-corrected chi connectivity index (χ1v) is 6.04. The molecule has 3 N–H and O–H groups in total. The zero-order valence-electron chi connectivity index (χ0n) is 11.2. The van der Waals surface area contributed by atoms with Gasteiger partial charge in [-0.3, -0.25) is 0 Å². The lowest BCUT2D eigenvalue weighted by atomic mass is 9.82. The molecule has 0 atom stereocenters. The van der Waals surface area contributed by atoms with Crippen molar-refractivity contribution in [2.45, 2.75) is 39.2 Å². The first-order valence-electron chi connectivity index (χ1n) is 6.04. The molecule has 0 bridgehead atoms. The Balaban J connectivity index is 2.92. The number of hydrogen-bond donors (Lipinski definition) is 3. The van der Waals surface area contributed by atoms with Crippen LogP contribution in [0.3, 0.4) is 0 Å². The van der Waals surface area contributed by atoms with Gasteiger partial charge in [-0.15, -0.1) is 0 Å². The normalized spacial score (nSPS) is 11.3. The molecule has 0 fully saturated rings. The zero-order valence-corrected chi connectivity index (χ0v) is 11.2. The van der Waals surface area contributed by atoms with Gasteiger partial charge in [0.1, 0.15) is 0 Å². The van der Waals surface area contributed by atoms with Crippen LogP contribution in [0.2, 0.25) is 0 Å². The quantitative estimate of drug-likeness (QED) is 0.769. The van der Waals surface area contributed by atoms with Crippen molar-refractivity contribution in [2.75, 3.05) is 6.54 Å². The number of amides is 1. The molecular formula is C14H21NO3. The van der Waals surface area contributed by atoms with Gasteiger partial charge in [0.15, 0.2) is 0 Å². The lowest BCUT2D eigenvalue weighted by Crippen LogP contribution is -2.24. The highest BCUT2D eigenvalue weighted by atomic mass is 16.4. The third kappa shape index (κ3) is 4.04. The minimum atomic E-state index is -1.00. The van der Waals surface area contributed by atoms with Crippen molar-refractivity contribution in [2.24, 2.45) is 0 Å². The van der Waals surface area contributed by atoms with E-state index in [2.05, 4.69) is 26.1 Å². The van der Waals surface area contributed by atoms with E-state index in [1.807, 2.05) is 18.2 Å². The molecule has 18 heavy (non-hydrogen) atoms. The van der Waals surface area contributed by atoms with E-state index in [0.29, 0.717) is 13.0 Å². The van der Waals surface area contributed by atoms with E-state index >= 15 is 0 Å². The van der Waals surface area contributed by atoms with Crippen LogP contribution in [0.1, 0.15) is 37.5 Å². The van der Waals surface area contributed by atoms with Crippen LogP contribution in [0.25, 0.3) is 0 Å². The summed E-state index contributed by atoms with van der Waals surface area (Å²) in [5, 5.41) is 20.1. The monoisotopic (exact) mass is 251 g/mol.